The zero-order chi connectivity index (χ0) is 14.5. The molecule has 2 rings (SSSR count). The zero-order valence-corrected chi connectivity index (χ0v) is 11.8. The fourth-order valence-electron chi connectivity index (χ4n) is 2.02. The number of rotatable bonds is 5. The smallest absolute Gasteiger partial charge is 0.141 e. The molecule has 1 heterocycles. The first-order chi connectivity index (χ1) is 9.60. The van der Waals surface area contributed by atoms with Crippen LogP contribution >= 0.6 is 11.6 Å². The van der Waals surface area contributed by atoms with Gasteiger partial charge in [0.05, 0.1) is 23.0 Å². The van der Waals surface area contributed by atoms with E-state index in [1.165, 1.54) is 18.3 Å². The van der Waals surface area contributed by atoms with Crippen molar-refractivity contribution in [2.24, 2.45) is 0 Å². The van der Waals surface area contributed by atoms with Gasteiger partial charge in [0.15, 0.2) is 0 Å². The van der Waals surface area contributed by atoms with E-state index in [0.717, 1.165) is 17.8 Å². The lowest BCUT2D eigenvalue weighted by molar-refractivity contribution is 0.531. The molecule has 0 fully saturated rings. The van der Waals surface area contributed by atoms with Crippen molar-refractivity contribution in [2.45, 2.75) is 19.4 Å². The highest BCUT2D eigenvalue weighted by Gasteiger charge is 2.13. The molecule has 0 spiro atoms. The van der Waals surface area contributed by atoms with Crippen LogP contribution in [-0.2, 0) is 6.42 Å². The first-order valence-electron chi connectivity index (χ1n) is 6.39. The Balaban J connectivity index is 2.20. The van der Waals surface area contributed by atoms with Crippen LogP contribution in [-0.4, -0.2) is 11.5 Å². The first-order valence-corrected chi connectivity index (χ1v) is 6.76. The molecule has 0 aliphatic heterocycles. The number of pyridine rings is 1. The van der Waals surface area contributed by atoms with Crippen molar-refractivity contribution in [1.29, 1.82) is 0 Å². The number of nitrogens with one attached hydrogen (secondary N) is 1. The minimum Gasteiger partial charge on any atom is -0.309 e. The molecule has 0 bridgehead atoms. The minimum atomic E-state index is -0.435. The predicted octanol–water partition coefficient (Wildman–Crippen LogP) is 3.91. The summed E-state index contributed by atoms with van der Waals surface area (Å²) in [6, 6.07) is 7.60. The van der Waals surface area contributed by atoms with E-state index in [9.17, 15) is 8.78 Å². The highest BCUT2D eigenvalue weighted by Crippen LogP contribution is 2.21. The van der Waals surface area contributed by atoms with E-state index >= 15 is 0 Å². The van der Waals surface area contributed by atoms with E-state index in [0.29, 0.717) is 6.42 Å². The Kier molecular flexibility index (Phi) is 5.04. The maximum Gasteiger partial charge on any atom is 0.141 e. The van der Waals surface area contributed by atoms with Crippen molar-refractivity contribution < 1.29 is 8.78 Å². The SMILES string of the molecule is CCNC(Cc1ccc(F)c(Cl)c1)c1ccc(F)cn1. The Hall–Kier alpha value is -1.52. The summed E-state index contributed by atoms with van der Waals surface area (Å²) in [4.78, 5) is 4.09. The fraction of sp³-hybridized carbons (Fsp3) is 0.267. The molecule has 5 heteroatoms. The van der Waals surface area contributed by atoms with Gasteiger partial charge in [-0.05, 0) is 42.8 Å². The normalized spacial score (nSPS) is 12.4. The first kappa shape index (κ1) is 14.9. The van der Waals surface area contributed by atoms with Gasteiger partial charge in [-0.3, -0.25) is 4.98 Å². The molecule has 0 amide bonds. The Morgan fingerprint density at radius 2 is 2.05 bits per heavy atom. The second kappa shape index (κ2) is 6.77. The van der Waals surface area contributed by atoms with Gasteiger partial charge in [-0.2, -0.15) is 0 Å². The fourth-order valence-corrected chi connectivity index (χ4v) is 2.23. The van der Waals surface area contributed by atoms with Gasteiger partial charge in [-0.25, -0.2) is 8.78 Å². The molecule has 1 atom stereocenters. The molecule has 0 aliphatic rings. The lowest BCUT2D eigenvalue weighted by Crippen LogP contribution is -2.24. The number of benzene rings is 1. The molecule has 106 valence electrons. The number of hydrogen-bond donors (Lipinski definition) is 1. The van der Waals surface area contributed by atoms with Crippen molar-refractivity contribution >= 4 is 11.6 Å². The molecule has 0 radical (unpaired) electrons. The Morgan fingerprint density at radius 1 is 1.25 bits per heavy atom. The van der Waals surface area contributed by atoms with Crippen LogP contribution in [0.3, 0.4) is 0 Å². The third-order valence-electron chi connectivity index (χ3n) is 2.98. The molecular weight excluding hydrogens is 282 g/mol. The lowest BCUT2D eigenvalue weighted by atomic mass is 10.0. The zero-order valence-electron chi connectivity index (χ0n) is 11.0. The maximum absolute atomic E-state index is 13.1. The van der Waals surface area contributed by atoms with E-state index in [1.807, 2.05) is 6.92 Å². The highest BCUT2D eigenvalue weighted by molar-refractivity contribution is 6.30. The molecule has 0 saturated carbocycles. The Morgan fingerprint density at radius 3 is 2.65 bits per heavy atom. The molecule has 0 aliphatic carbocycles. The summed E-state index contributed by atoms with van der Waals surface area (Å²) in [6.45, 7) is 2.73. The largest absolute Gasteiger partial charge is 0.309 e. The molecule has 1 aromatic carbocycles. The van der Waals surface area contributed by atoms with Gasteiger partial charge in [0, 0.05) is 0 Å². The Labute approximate surface area is 121 Å². The number of hydrogen-bond acceptors (Lipinski definition) is 2. The minimum absolute atomic E-state index is 0.0675. The Bertz CT molecular complexity index is 573. The molecule has 1 aromatic heterocycles. The number of nitrogens with zero attached hydrogens (tertiary/aromatic N) is 1. The molecule has 0 saturated heterocycles. The van der Waals surface area contributed by atoms with Crippen molar-refractivity contribution in [1.82, 2.24) is 10.3 Å². The highest BCUT2D eigenvalue weighted by atomic mass is 35.5. The van der Waals surface area contributed by atoms with Crippen LogP contribution < -0.4 is 5.32 Å². The van der Waals surface area contributed by atoms with Crippen LogP contribution in [0.5, 0.6) is 0 Å². The van der Waals surface area contributed by atoms with E-state index in [2.05, 4.69) is 10.3 Å². The summed E-state index contributed by atoms with van der Waals surface area (Å²) >= 11 is 5.78. The second-order valence-corrected chi connectivity index (χ2v) is 4.87. The lowest BCUT2D eigenvalue weighted by Gasteiger charge is -2.17. The summed E-state index contributed by atoms with van der Waals surface area (Å²) in [7, 11) is 0. The van der Waals surface area contributed by atoms with Crippen LogP contribution in [0.25, 0.3) is 0 Å². The van der Waals surface area contributed by atoms with Gasteiger partial charge >= 0.3 is 0 Å². The standard InChI is InChI=1S/C15H15ClF2N2/c1-2-19-15(14-6-4-11(17)9-20-14)8-10-3-5-13(18)12(16)7-10/h3-7,9,15,19H,2,8H2,1H3. The topological polar surface area (TPSA) is 24.9 Å². The van der Waals surface area contributed by atoms with Crippen LogP contribution in [0.1, 0.15) is 24.2 Å². The number of aromatic nitrogens is 1. The van der Waals surface area contributed by atoms with Gasteiger partial charge < -0.3 is 5.32 Å². The van der Waals surface area contributed by atoms with Gasteiger partial charge in [-0.1, -0.05) is 24.6 Å². The predicted molar refractivity (Wildman–Crippen MR) is 75.7 cm³/mol. The maximum atomic E-state index is 13.1. The molecular formula is C15H15ClF2N2. The summed E-state index contributed by atoms with van der Waals surface area (Å²) in [5.41, 5.74) is 1.64. The summed E-state index contributed by atoms with van der Waals surface area (Å²) in [5, 5.41) is 3.38. The average Bonchev–Trinajstić information content (AvgIpc) is 2.43. The number of halogens is 3. The molecule has 1 unspecified atom stereocenters. The number of likely N-dealkylation sites (N-methyl/N-ethyl adjacent to an activating group) is 1. The van der Waals surface area contributed by atoms with Crippen molar-refractivity contribution in [3.63, 3.8) is 0 Å². The van der Waals surface area contributed by atoms with E-state index < -0.39 is 5.82 Å². The molecule has 1 N–H and O–H groups in total. The van der Waals surface area contributed by atoms with Crippen LogP contribution in [0.4, 0.5) is 8.78 Å². The van der Waals surface area contributed by atoms with Crippen LogP contribution in [0.15, 0.2) is 36.5 Å². The van der Waals surface area contributed by atoms with Crippen LogP contribution in [0, 0.1) is 11.6 Å². The molecule has 2 nitrogen and oxygen atoms in total. The van der Waals surface area contributed by atoms with E-state index in [1.54, 1.807) is 18.2 Å². The van der Waals surface area contributed by atoms with Crippen molar-refractivity contribution in [3.05, 3.63) is 64.4 Å². The van der Waals surface area contributed by atoms with Gasteiger partial charge in [0.1, 0.15) is 11.6 Å². The van der Waals surface area contributed by atoms with Crippen LogP contribution in [0.2, 0.25) is 5.02 Å². The molecule has 20 heavy (non-hydrogen) atoms. The monoisotopic (exact) mass is 296 g/mol. The van der Waals surface area contributed by atoms with E-state index in [-0.39, 0.29) is 16.9 Å². The van der Waals surface area contributed by atoms with E-state index in [4.69, 9.17) is 11.6 Å². The summed E-state index contributed by atoms with van der Waals surface area (Å²) in [6.07, 6.45) is 1.80. The van der Waals surface area contributed by atoms with Crippen molar-refractivity contribution in [3.8, 4) is 0 Å². The van der Waals surface area contributed by atoms with Gasteiger partial charge in [0.25, 0.3) is 0 Å². The van der Waals surface area contributed by atoms with Gasteiger partial charge in [-0.15, -0.1) is 0 Å². The summed E-state index contributed by atoms with van der Waals surface area (Å²) in [5.74, 6) is -0.802. The molecule has 2 aromatic rings. The third-order valence-corrected chi connectivity index (χ3v) is 3.27. The third kappa shape index (κ3) is 3.74. The summed E-state index contributed by atoms with van der Waals surface area (Å²) < 4.78 is 26.1. The van der Waals surface area contributed by atoms with Crippen molar-refractivity contribution in [2.75, 3.05) is 6.54 Å². The second-order valence-electron chi connectivity index (χ2n) is 4.46. The quantitative estimate of drug-likeness (QED) is 0.905. The average molecular weight is 297 g/mol. The van der Waals surface area contributed by atoms with Gasteiger partial charge in [0.2, 0.25) is 0 Å².